The smallest absolute Gasteiger partial charge is 0.161 e. The van der Waals surface area contributed by atoms with E-state index in [-0.39, 0.29) is 0 Å². The molecule has 1 aromatic carbocycles. The minimum Gasteiger partial charge on any atom is -0.232 e. The van der Waals surface area contributed by atoms with Gasteiger partial charge < -0.3 is 0 Å². The van der Waals surface area contributed by atoms with Crippen molar-refractivity contribution in [1.82, 2.24) is 9.97 Å². The zero-order chi connectivity index (χ0) is 12.6. The van der Waals surface area contributed by atoms with Gasteiger partial charge in [-0.15, -0.1) is 0 Å². The lowest BCUT2D eigenvalue weighted by atomic mass is 10.2. The van der Waals surface area contributed by atoms with Crippen molar-refractivity contribution in [3.63, 3.8) is 0 Å². The lowest BCUT2D eigenvalue weighted by Crippen LogP contribution is -1.96. The Bertz CT molecular complexity index is 567. The molecule has 0 radical (unpaired) electrons. The molecule has 0 aliphatic heterocycles. The first-order valence-corrected chi connectivity index (χ1v) is 7.68. The summed E-state index contributed by atoms with van der Waals surface area (Å²) in [5, 5.41) is 0.493. The van der Waals surface area contributed by atoms with E-state index in [1.54, 1.807) is 0 Å². The molecule has 1 heterocycles. The second-order valence-electron chi connectivity index (χ2n) is 3.37. The zero-order valence-electron chi connectivity index (χ0n) is 8.64. The molecule has 2 aromatic rings. The summed E-state index contributed by atoms with van der Waals surface area (Å²) in [5.41, 5.74) is 1.82. The Kier molecular flexibility index (Phi) is 4.44. The summed E-state index contributed by atoms with van der Waals surface area (Å²) in [4.78, 5) is 8.72. The highest BCUT2D eigenvalue weighted by Crippen LogP contribution is 2.29. The van der Waals surface area contributed by atoms with Crippen LogP contribution < -0.4 is 0 Å². The standard InChI is InChI=1S/C11H6Br2ClIN2/c1-5-9(15)10(14)17-11(16-5)6-2-3-7(12)8(13)4-6/h2-4H,1H3. The molecule has 0 amide bonds. The van der Waals surface area contributed by atoms with Crippen LogP contribution in [0.1, 0.15) is 5.69 Å². The minimum atomic E-state index is 0.493. The number of hydrogen-bond acceptors (Lipinski definition) is 2. The van der Waals surface area contributed by atoms with Gasteiger partial charge in [-0.05, 0) is 79.6 Å². The van der Waals surface area contributed by atoms with Crippen molar-refractivity contribution in [1.29, 1.82) is 0 Å². The van der Waals surface area contributed by atoms with E-state index in [4.69, 9.17) is 11.6 Å². The number of hydrogen-bond donors (Lipinski definition) is 0. The number of aryl methyl sites for hydroxylation is 1. The van der Waals surface area contributed by atoms with Gasteiger partial charge in [0.2, 0.25) is 0 Å². The van der Waals surface area contributed by atoms with Crippen LogP contribution in [0.4, 0.5) is 0 Å². The molecular formula is C11H6Br2ClIN2. The van der Waals surface area contributed by atoms with Gasteiger partial charge >= 0.3 is 0 Å². The number of benzene rings is 1. The quantitative estimate of drug-likeness (QED) is 0.406. The Morgan fingerprint density at radius 3 is 2.47 bits per heavy atom. The van der Waals surface area contributed by atoms with Crippen molar-refractivity contribution in [2.75, 3.05) is 0 Å². The molecule has 6 heteroatoms. The molecule has 0 N–H and O–H groups in total. The largest absolute Gasteiger partial charge is 0.232 e. The fraction of sp³-hybridized carbons (Fsp3) is 0.0909. The highest BCUT2D eigenvalue weighted by molar-refractivity contribution is 14.1. The van der Waals surface area contributed by atoms with E-state index in [1.165, 1.54) is 0 Å². The molecule has 0 fully saturated rings. The predicted molar refractivity (Wildman–Crippen MR) is 85.3 cm³/mol. The van der Waals surface area contributed by atoms with Gasteiger partial charge in [0.05, 0.1) is 9.26 Å². The van der Waals surface area contributed by atoms with E-state index >= 15 is 0 Å². The predicted octanol–water partition coefficient (Wildman–Crippen LogP) is 5.24. The number of aromatic nitrogens is 2. The zero-order valence-corrected chi connectivity index (χ0v) is 14.7. The molecular weight excluding hydrogens is 482 g/mol. The van der Waals surface area contributed by atoms with Crippen molar-refractivity contribution in [3.05, 3.63) is 41.6 Å². The molecule has 0 saturated carbocycles. The van der Waals surface area contributed by atoms with E-state index in [0.29, 0.717) is 11.0 Å². The molecule has 0 atom stereocenters. The Hall–Kier alpha value is 0.280. The van der Waals surface area contributed by atoms with E-state index in [2.05, 4.69) is 64.4 Å². The SMILES string of the molecule is Cc1nc(-c2ccc(Br)c(Br)c2)nc(Cl)c1I. The van der Waals surface area contributed by atoms with Crippen molar-refractivity contribution < 1.29 is 0 Å². The van der Waals surface area contributed by atoms with Crippen LogP contribution in [0.3, 0.4) is 0 Å². The van der Waals surface area contributed by atoms with Crippen LogP contribution in [-0.4, -0.2) is 9.97 Å². The van der Waals surface area contributed by atoms with Crippen LogP contribution in [-0.2, 0) is 0 Å². The van der Waals surface area contributed by atoms with Crippen molar-refractivity contribution in [2.45, 2.75) is 6.92 Å². The van der Waals surface area contributed by atoms with Gasteiger partial charge in [0.15, 0.2) is 5.82 Å². The second-order valence-corrected chi connectivity index (χ2v) is 6.51. The summed E-state index contributed by atoms with van der Waals surface area (Å²) in [7, 11) is 0. The molecule has 0 unspecified atom stereocenters. The normalized spacial score (nSPS) is 10.6. The third kappa shape index (κ3) is 3.00. The third-order valence-corrected chi connectivity index (χ3v) is 5.92. The van der Waals surface area contributed by atoms with Gasteiger partial charge in [0.1, 0.15) is 5.15 Å². The van der Waals surface area contributed by atoms with Gasteiger partial charge in [0.25, 0.3) is 0 Å². The van der Waals surface area contributed by atoms with E-state index in [0.717, 1.165) is 23.8 Å². The average Bonchev–Trinajstić information content (AvgIpc) is 2.29. The van der Waals surface area contributed by atoms with Crippen molar-refractivity contribution in [2.24, 2.45) is 0 Å². The molecule has 0 aliphatic carbocycles. The molecule has 2 nitrogen and oxygen atoms in total. The summed E-state index contributed by atoms with van der Waals surface area (Å²) < 4.78 is 2.85. The monoisotopic (exact) mass is 486 g/mol. The summed E-state index contributed by atoms with van der Waals surface area (Å²) in [6, 6.07) is 5.86. The topological polar surface area (TPSA) is 25.8 Å². The highest BCUT2D eigenvalue weighted by atomic mass is 127. The van der Waals surface area contributed by atoms with Gasteiger partial charge in [0, 0.05) is 14.5 Å². The van der Waals surface area contributed by atoms with Crippen molar-refractivity contribution in [3.8, 4) is 11.4 Å². The van der Waals surface area contributed by atoms with E-state index in [1.807, 2.05) is 25.1 Å². The number of rotatable bonds is 1. The van der Waals surface area contributed by atoms with Crippen LogP contribution in [0.25, 0.3) is 11.4 Å². The first-order valence-electron chi connectivity index (χ1n) is 4.64. The Morgan fingerprint density at radius 2 is 1.88 bits per heavy atom. The van der Waals surface area contributed by atoms with Crippen LogP contribution in [0.5, 0.6) is 0 Å². The first-order chi connectivity index (χ1) is 7.99. The molecule has 0 spiro atoms. The van der Waals surface area contributed by atoms with Crippen LogP contribution in [0.15, 0.2) is 27.1 Å². The van der Waals surface area contributed by atoms with Gasteiger partial charge in [-0.2, -0.15) is 0 Å². The molecule has 0 saturated heterocycles. The molecule has 2 rings (SSSR count). The van der Waals surface area contributed by atoms with E-state index < -0.39 is 0 Å². The summed E-state index contributed by atoms with van der Waals surface area (Å²) in [6.07, 6.45) is 0. The fourth-order valence-corrected chi connectivity index (χ4v) is 2.37. The first kappa shape index (κ1) is 13.7. The summed E-state index contributed by atoms with van der Waals surface area (Å²) in [5.74, 6) is 0.640. The van der Waals surface area contributed by atoms with Gasteiger partial charge in [-0.3, -0.25) is 0 Å². The maximum atomic E-state index is 6.06. The maximum Gasteiger partial charge on any atom is 0.161 e. The van der Waals surface area contributed by atoms with Crippen LogP contribution in [0, 0.1) is 10.5 Å². The van der Waals surface area contributed by atoms with Gasteiger partial charge in [-0.25, -0.2) is 9.97 Å². The number of halogens is 4. The van der Waals surface area contributed by atoms with E-state index in [9.17, 15) is 0 Å². The molecule has 0 bridgehead atoms. The van der Waals surface area contributed by atoms with Gasteiger partial charge in [-0.1, -0.05) is 11.6 Å². The maximum absolute atomic E-state index is 6.06. The lowest BCUT2D eigenvalue weighted by molar-refractivity contribution is 1.09. The van der Waals surface area contributed by atoms with Crippen LogP contribution in [0.2, 0.25) is 5.15 Å². The van der Waals surface area contributed by atoms with Crippen molar-refractivity contribution >= 4 is 66.1 Å². The van der Waals surface area contributed by atoms with Crippen LogP contribution >= 0.6 is 66.1 Å². The lowest BCUT2D eigenvalue weighted by Gasteiger charge is -2.06. The highest BCUT2D eigenvalue weighted by Gasteiger charge is 2.10. The molecule has 1 aromatic heterocycles. The summed E-state index contributed by atoms with van der Waals surface area (Å²) in [6.45, 7) is 1.92. The Balaban J connectivity index is 2.57. The second kappa shape index (κ2) is 5.50. The summed E-state index contributed by atoms with van der Waals surface area (Å²) >= 11 is 15.1. The average molecular weight is 488 g/mol. The molecule has 0 aliphatic rings. The fourth-order valence-electron chi connectivity index (χ4n) is 1.29. The third-order valence-electron chi connectivity index (χ3n) is 2.15. The molecule has 88 valence electrons. The number of nitrogens with zero attached hydrogens (tertiary/aromatic N) is 2. The Morgan fingerprint density at radius 1 is 1.18 bits per heavy atom. The minimum absolute atomic E-state index is 0.493. The Labute approximate surface area is 135 Å². The molecule has 17 heavy (non-hydrogen) atoms.